The fourth-order valence-electron chi connectivity index (χ4n) is 1.36. The Kier molecular flexibility index (Phi) is 2.78. The van der Waals surface area contributed by atoms with Gasteiger partial charge in [0.25, 0.3) is 0 Å². The second kappa shape index (κ2) is 3.48. The van der Waals surface area contributed by atoms with Crippen LogP contribution in [0.1, 0.15) is 22.3 Å². The minimum absolute atomic E-state index is 1.20. The Hall–Kier alpha value is -0.500. The third-order valence-corrected chi connectivity index (χ3v) is 2.86. The van der Waals surface area contributed by atoms with E-state index in [0.29, 0.717) is 0 Å². The van der Waals surface area contributed by atoms with Crippen LogP contribution in [0.25, 0.3) is 0 Å². The average Bonchev–Trinajstić information content (AvgIpc) is 2.02. The van der Waals surface area contributed by atoms with E-state index in [1.54, 1.807) is 0 Å². The second-order valence-corrected chi connectivity index (χ2v) is 3.63. The van der Waals surface area contributed by atoms with Gasteiger partial charge in [0.2, 0.25) is 0 Å². The first-order valence-electron chi connectivity index (χ1n) is 4.02. The number of anilines is 1. The van der Waals surface area contributed by atoms with Crippen LogP contribution in [0.2, 0.25) is 0 Å². The van der Waals surface area contributed by atoms with Crippen LogP contribution in [0.5, 0.6) is 0 Å². The second-order valence-electron chi connectivity index (χ2n) is 3.23. The monoisotopic (exact) mass is 227 g/mol. The molecule has 12 heavy (non-hydrogen) atoms. The van der Waals surface area contributed by atoms with Crippen molar-refractivity contribution in [1.82, 2.24) is 0 Å². The van der Waals surface area contributed by atoms with Gasteiger partial charge in [0.05, 0.1) is 5.69 Å². The van der Waals surface area contributed by atoms with Crippen LogP contribution in [-0.2, 0) is 0 Å². The maximum absolute atomic E-state index is 3.28. The predicted molar refractivity (Wildman–Crippen MR) is 57.9 cm³/mol. The van der Waals surface area contributed by atoms with Crippen LogP contribution in [0.4, 0.5) is 5.69 Å². The van der Waals surface area contributed by atoms with Crippen LogP contribution < -0.4 is 4.34 Å². The average molecular weight is 228 g/mol. The molecule has 0 unspecified atom stereocenters. The maximum Gasteiger partial charge on any atom is 0.0504 e. The zero-order valence-corrected chi connectivity index (χ0v) is 9.54. The van der Waals surface area contributed by atoms with Crippen LogP contribution in [-0.4, -0.2) is 0 Å². The largest absolute Gasteiger partial charge is 0.322 e. The van der Waals surface area contributed by atoms with Crippen molar-refractivity contribution in [2.45, 2.75) is 27.7 Å². The molecule has 0 aliphatic carbocycles. The third kappa shape index (κ3) is 1.48. The van der Waals surface area contributed by atoms with E-state index in [1.165, 1.54) is 27.9 Å². The van der Waals surface area contributed by atoms with Gasteiger partial charge in [0, 0.05) is 16.1 Å². The van der Waals surface area contributed by atoms with Gasteiger partial charge in [-0.1, -0.05) is 6.07 Å². The molecule has 1 nitrogen and oxygen atoms in total. The number of halogens is 1. The van der Waals surface area contributed by atoms with E-state index in [2.05, 4.69) is 54.3 Å². The number of hydrogen-bond acceptors (Lipinski definition) is 1. The highest BCUT2D eigenvalue weighted by atomic mass is 79.9. The van der Waals surface area contributed by atoms with Crippen LogP contribution in [0.15, 0.2) is 6.07 Å². The van der Waals surface area contributed by atoms with E-state index < -0.39 is 0 Å². The van der Waals surface area contributed by atoms with Gasteiger partial charge in [0.15, 0.2) is 0 Å². The lowest BCUT2D eigenvalue weighted by Crippen LogP contribution is -1.95. The lowest BCUT2D eigenvalue weighted by Gasteiger charge is -2.13. The van der Waals surface area contributed by atoms with E-state index in [9.17, 15) is 0 Å². The molecule has 0 aromatic heterocycles. The summed E-state index contributed by atoms with van der Waals surface area (Å²) < 4.78 is 3.06. The normalized spacial score (nSPS) is 10.1. The SMILES string of the molecule is Cc1cc(C)c(C)c(NBr)c1C. The van der Waals surface area contributed by atoms with Crippen molar-refractivity contribution < 1.29 is 0 Å². The molecule has 0 fully saturated rings. The molecule has 0 spiro atoms. The first-order valence-corrected chi connectivity index (χ1v) is 4.81. The van der Waals surface area contributed by atoms with Gasteiger partial charge in [-0.25, -0.2) is 0 Å². The maximum atomic E-state index is 3.28. The van der Waals surface area contributed by atoms with Gasteiger partial charge in [-0.05, 0) is 49.9 Å². The van der Waals surface area contributed by atoms with Gasteiger partial charge in [-0.15, -0.1) is 0 Å². The molecule has 66 valence electrons. The molecule has 1 rings (SSSR count). The molecule has 0 radical (unpaired) electrons. The van der Waals surface area contributed by atoms with Crippen LogP contribution in [0.3, 0.4) is 0 Å². The summed E-state index contributed by atoms with van der Waals surface area (Å²) in [6, 6.07) is 2.22. The summed E-state index contributed by atoms with van der Waals surface area (Å²) in [5.41, 5.74) is 6.50. The van der Waals surface area contributed by atoms with Crippen molar-refractivity contribution in [3.05, 3.63) is 28.3 Å². The summed E-state index contributed by atoms with van der Waals surface area (Å²) in [7, 11) is 0. The summed E-state index contributed by atoms with van der Waals surface area (Å²) in [5, 5.41) is 0. The molecule has 0 saturated carbocycles. The van der Waals surface area contributed by atoms with Crippen LogP contribution in [0, 0.1) is 27.7 Å². The molecule has 1 aromatic carbocycles. The Balaban J connectivity index is 3.42. The Bertz CT molecular complexity index is 279. The van der Waals surface area contributed by atoms with E-state index >= 15 is 0 Å². The highest BCUT2D eigenvalue weighted by molar-refractivity contribution is 9.10. The highest BCUT2D eigenvalue weighted by Gasteiger charge is 2.05. The van der Waals surface area contributed by atoms with Crippen molar-refractivity contribution in [3.8, 4) is 0 Å². The van der Waals surface area contributed by atoms with Crippen molar-refractivity contribution in [2.75, 3.05) is 4.34 Å². The molecule has 0 heterocycles. The number of hydrogen-bond donors (Lipinski definition) is 1. The number of rotatable bonds is 1. The minimum Gasteiger partial charge on any atom is -0.322 e. The molecule has 0 bridgehead atoms. The predicted octanol–water partition coefficient (Wildman–Crippen LogP) is 3.64. The van der Waals surface area contributed by atoms with Gasteiger partial charge in [0.1, 0.15) is 0 Å². The van der Waals surface area contributed by atoms with Crippen molar-refractivity contribution in [3.63, 3.8) is 0 Å². The first-order chi connectivity index (χ1) is 5.57. The number of nitrogens with one attached hydrogen (secondary N) is 1. The van der Waals surface area contributed by atoms with Crippen LogP contribution >= 0.6 is 16.1 Å². The molecular formula is C10H14BrN. The van der Waals surface area contributed by atoms with E-state index in [4.69, 9.17) is 0 Å². The van der Waals surface area contributed by atoms with Crippen molar-refractivity contribution in [2.24, 2.45) is 0 Å². The highest BCUT2D eigenvalue weighted by Crippen LogP contribution is 2.27. The molecule has 2 heteroatoms. The lowest BCUT2D eigenvalue weighted by atomic mass is 9.99. The summed E-state index contributed by atoms with van der Waals surface area (Å²) in [6.45, 7) is 8.53. The van der Waals surface area contributed by atoms with Crippen molar-refractivity contribution >= 4 is 21.8 Å². The molecule has 1 aromatic rings. The zero-order valence-electron chi connectivity index (χ0n) is 7.96. The zero-order chi connectivity index (χ0) is 9.30. The molecule has 0 amide bonds. The van der Waals surface area contributed by atoms with Gasteiger partial charge >= 0.3 is 0 Å². The quantitative estimate of drug-likeness (QED) is 0.723. The Labute approximate surface area is 82.5 Å². The summed E-state index contributed by atoms with van der Waals surface area (Å²) in [4.78, 5) is 0. The molecule has 0 saturated heterocycles. The molecule has 1 N–H and O–H groups in total. The lowest BCUT2D eigenvalue weighted by molar-refractivity contribution is 1.25. The van der Waals surface area contributed by atoms with Gasteiger partial charge in [-0.2, -0.15) is 0 Å². The Morgan fingerprint density at radius 2 is 1.42 bits per heavy atom. The smallest absolute Gasteiger partial charge is 0.0504 e. The fraction of sp³-hybridized carbons (Fsp3) is 0.400. The first kappa shape index (κ1) is 9.59. The Morgan fingerprint density at radius 1 is 1.00 bits per heavy atom. The summed E-state index contributed by atoms with van der Waals surface area (Å²) >= 11 is 3.28. The van der Waals surface area contributed by atoms with Gasteiger partial charge < -0.3 is 4.34 Å². The molecule has 0 aliphatic heterocycles. The minimum atomic E-state index is 1.20. The molecule has 0 aliphatic rings. The van der Waals surface area contributed by atoms with E-state index in [1.807, 2.05) is 0 Å². The van der Waals surface area contributed by atoms with E-state index in [-0.39, 0.29) is 0 Å². The fourth-order valence-corrected chi connectivity index (χ4v) is 1.95. The molecule has 0 atom stereocenters. The van der Waals surface area contributed by atoms with E-state index in [0.717, 1.165) is 0 Å². The topological polar surface area (TPSA) is 12.0 Å². The Morgan fingerprint density at radius 3 is 1.75 bits per heavy atom. The molecular weight excluding hydrogens is 214 g/mol. The van der Waals surface area contributed by atoms with Crippen molar-refractivity contribution in [1.29, 1.82) is 0 Å². The number of aryl methyl sites for hydroxylation is 2. The number of benzene rings is 1. The van der Waals surface area contributed by atoms with Gasteiger partial charge in [-0.3, -0.25) is 0 Å². The summed E-state index contributed by atoms with van der Waals surface area (Å²) in [6.07, 6.45) is 0. The summed E-state index contributed by atoms with van der Waals surface area (Å²) in [5.74, 6) is 0. The third-order valence-electron chi connectivity index (χ3n) is 2.46. The standard InChI is InChI=1S/C10H14BrN/c1-6-5-7(2)9(4)10(12-11)8(6)3/h5,12H,1-4H3.